The number of rotatable bonds is 7. The van der Waals surface area contributed by atoms with E-state index in [1.165, 1.54) is 5.56 Å². The molecule has 20 heavy (non-hydrogen) atoms. The molecule has 3 atom stereocenters. The van der Waals surface area contributed by atoms with Gasteiger partial charge in [0.05, 0.1) is 0 Å². The monoisotopic (exact) mass is 387 g/mol. The first kappa shape index (κ1) is 17.5. The molecule has 0 saturated carbocycles. The molecule has 1 aromatic carbocycles. The summed E-state index contributed by atoms with van der Waals surface area (Å²) in [5.41, 5.74) is 1.20. The van der Waals surface area contributed by atoms with Gasteiger partial charge in [0.2, 0.25) is 5.91 Å². The molecule has 0 aliphatic heterocycles. The second-order valence-corrected chi connectivity index (χ2v) is 6.74. The zero-order chi connectivity index (χ0) is 15.1. The molecule has 0 aliphatic rings. The van der Waals surface area contributed by atoms with Gasteiger partial charge in [-0.2, -0.15) is 0 Å². The molecule has 0 spiro atoms. The molecule has 1 amide bonds. The summed E-state index contributed by atoms with van der Waals surface area (Å²) in [6.45, 7) is 9.34. The van der Waals surface area contributed by atoms with Crippen molar-refractivity contribution in [1.82, 2.24) is 4.90 Å². The summed E-state index contributed by atoms with van der Waals surface area (Å²) in [4.78, 5) is 14.7. The molecule has 0 bridgehead atoms. The summed E-state index contributed by atoms with van der Waals surface area (Å²) in [5, 5.41) is 0. The van der Waals surface area contributed by atoms with Gasteiger partial charge in [0, 0.05) is 12.5 Å². The number of halogens is 1. The normalized spacial score (nSPS) is 15.4. The molecule has 112 valence electrons. The van der Waals surface area contributed by atoms with Gasteiger partial charge in [-0.3, -0.25) is 4.79 Å². The summed E-state index contributed by atoms with van der Waals surface area (Å²) < 4.78 is 0.115. The van der Waals surface area contributed by atoms with Crippen molar-refractivity contribution in [2.45, 2.75) is 44.6 Å². The van der Waals surface area contributed by atoms with Crippen LogP contribution in [0.3, 0.4) is 0 Å². The largest absolute Gasteiger partial charge is 0.326 e. The van der Waals surface area contributed by atoms with Crippen LogP contribution < -0.4 is 0 Å². The van der Waals surface area contributed by atoms with Crippen LogP contribution in [0.5, 0.6) is 0 Å². The minimum atomic E-state index is 0.0973. The van der Waals surface area contributed by atoms with Crippen LogP contribution in [0.15, 0.2) is 30.3 Å². The summed E-state index contributed by atoms with van der Waals surface area (Å²) in [5.74, 6) is 0.903. The predicted molar refractivity (Wildman–Crippen MR) is 93.8 cm³/mol. The molecule has 0 aromatic heterocycles. The first-order valence-corrected chi connectivity index (χ1v) is 8.75. The number of hydrogen-bond acceptors (Lipinski definition) is 1. The molecular formula is C17H26INO. The second kappa shape index (κ2) is 8.65. The molecule has 3 heteroatoms. The Morgan fingerprint density at radius 3 is 2.25 bits per heavy atom. The highest BCUT2D eigenvalue weighted by Crippen LogP contribution is 2.30. The van der Waals surface area contributed by atoms with Crippen molar-refractivity contribution in [3.63, 3.8) is 0 Å². The van der Waals surface area contributed by atoms with Gasteiger partial charge in [-0.1, -0.05) is 87.0 Å². The standard InChI is InChI=1S/C17H26INO/c1-5-13(3)12-19(17(20)14(4)6-2)16(18)15-10-8-7-9-11-15/h7-11,13-14,16H,5-6,12H2,1-4H3/t13?,14-,16-/m0/s1. The fraction of sp³-hybridized carbons (Fsp3) is 0.588. The minimum absolute atomic E-state index is 0.0973. The van der Waals surface area contributed by atoms with Gasteiger partial charge >= 0.3 is 0 Å². The Morgan fingerprint density at radius 2 is 1.75 bits per heavy atom. The van der Waals surface area contributed by atoms with E-state index in [0.717, 1.165) is 19.4 Å². The van der Waals surface area contributed by atoms with Crippen molar-refractivity contribution in [2.75, 3.05) is 6.54 Å². The smallest absolute Gasteiger partial charge is 0.226 e. The van der Waals surface area contributed by atoms with Crippen LogP contribution in [0.25, 0.3) is 0 Å². The maximum Gasteiger partial charge on any atom is 0.226 e. The highest BCUT2D eigenvalue weighted by molar-refractivity contribution is 14.1. The Hall–Kier alpha value is -0.580. The fourth-order valence-corrected chi connectivity index (χ4v) is 2.93. The number of nitrogens with zero attached hydrogens (tertiary/aromatic N) is 1. The molecule has 1 rings (SSSR count). The predicted octanol–water partition coefficient (Wildman–Crippen LogP) is 5.04. The lowest BCUT2D eigenvalue weighted by atomic mass is 10.0. The summed E-state index contributed by atoms with van der Waals surface area (Å²) in [6, 6.07) is 10.3. The number of amides is 1. The van der Waals surface area contributed by atoms with E-state index in [1.54, 1.807) is 0 Å². The molecular weight excluding hydrogens is 361 g/mol. The lowest BCUT2D eigenvalue weighted by Gasteiger charge is -2.32. The van der Waals surface area contributed by atoms with Crippen LogP contribution in [0.2, 0.25) is 0 Å². The average Bonchev–Trinajstić information content (AvgIpc) is 2.50. The van der Waals surface area contributed by atoms with Crippen LogP contribution >= 0.6 is 22.6 Å². The number of benzene rings is 1. The highest BCUT2D eigenvalue weighted by atomic mass is 127. The van der Waals surface area contributed by atoms with E-state index in [2.05, 4.69) is 60.4 Å². The van der Waals surface area contributed by atoms with Gasteiger partial charge in [0.15, 0.2) is 0 Å². The van der Waals surface area contributed by atoms with Crippen molar-refractivity contribution in [3.8, 4) is 0 Å². The van der Waals surface area contributed by atoms with Crippen molar-refractivity contribution >= 4 is 28.5 Å². The van der Waals surface area contributed by atoms with E-state index < -0.39 is 0 Å². The van der Waals surface area contributed by atoms with Gasteiger partial charge < -0.3 is 4.90 Å². The van der Waals surface area contributed by atoms with E-state index in [9.17, 15) is 4.79 Å². The molecule has 0 radical (unpaired) electrons. The highest BCUT2D eigenvalue weighted by Gasteiger charge is 2.26. The lowest BCUT2D eigenvalue weighted by Crippen LogP contribution is -2.38. The molecule has 0 aliphatic carbocycles. The summed E-state index contributed by atoms with van der Waals surface area (Å²) in [7, 11) is 0. The van der Waals surface area contributed by atoms with Crippen molar-refractivity contribution in [2.24, 2.45) is 11.8 Å². The molecule has 0 heterocycles. The fourth-order valence-electron chi connectivity index (χ4n) is 2.01. The number of carbonyl (C=O) groups is 1. The van der Waals surface area contributed by atoms with E-state index >= 15 is 0 Å². The third-order valence-electron chi connectivity index (χ3n) is 3.87. The summed E-state index contributed by atoms with van der Waals surface area (Å²) >= 11 is 2.39. The Labute approximate surface area is 137 Å². The Kier molecular flexibility index (Phi) is 7.56. The van der Waals surface area contributed by atoms with Crippen LogP contribution in [0.1, 0.15) is 50.1 Å². The second-order valence-electron chi connectivity index (χ2n) is 5.56. The van der Waals surface area contributed by atoms with Gasteiger partial charge in [0.1, 0.15) is 4.05 Å². The molecule has 0 N–H and O–H groups in total. The number of hydrogen-bond donors (Lipinski definition) is 0. The molecule has 0 saturated heterocycles. The third-order valence-corrected chi connectivity index (χ3v) is 5.26. The molecule has 1 unspecified atom stereocenters. The SMILES string of the molecule is CCC(C)CN(C(=O)[C@@H](C)CC)[C@H](I)c1ccccc1. The van der Waals surface area contributed by atoms with E-state index in [4.69, 9.17) is 0 Å². The maximum absolute atomic E-state index is 12.7. The van der Waals surface area contributed by atoms with Gasteiger partial charge in [-0.15, -0.1) is 0 Å². The molecule has 2 nitrogen and oxygen atoms in total. The number of carbonyl (C=O) groups excluding carboxylic acids is 1. The third kappa shape index (κ3) is 4.76. The van der Waals surface area contributed by atoms with Gasteiger partial charge in [-0.05, 0) is 17.9 Å². The van der Waals surface area contributed by atoms with E-state index in [1.807, 2.05) is 25.1 Å². The summed E-state index contributed by atoms with van der Waals surface area (Å²) in [6.07, 6.45) is 2.00. The van der Waals surface area contributed by atoms with Crippen molar-refractivity contribution < 1.29 is 4.79 Å². The zero-order valence-electron chi connectivity index (χ0n) is 13.0. The quantitative estimate of drug-likeness (QED) is 0.365. The first-order valence-electron chi connectivity index (χ1n) is 7.50. The first-order chi connectivity index (χ1) is 9.51. The lowest BCUT2D eigenvalue weighted by molar-refractivity contribution is -0.136. The Bertz CT molecular complexity index is 407. The van der Waals surface area contributed by atoms with Gasteiger partial charge in [0.25, 0.3) is 0 Å². The number of alkyl halides is 1. The van der Waals surface area contributed by atoms with E-state index in [0.29, 0.717) is 5.92 Å². The molecule has 1 aromatic rings. The zero-order valence-corrected chi connectivity index (χ0v) is 15.1. The maximum atomic E-state index is 12.7. The van der Waals surface area contributed by atoms with Crippen molar-refractivity contribution in [1.29, 1.82) is 0 Å². The topological polar surface area (TPSA) is 20.3 Å². The average molecular weight is 387 g/mol. The van der Waals surface area contributed by atoms with E-state index in [-0.39, 0.29) is 15.9 Å². The van der Waals surface area contributed by atoms with Crippen molar-refractivity contribution in [3.05, 3.63) is 35.9 Å². The van der Waals surface area contributed by atoms with Crippen LogP contribution in [-0.2, 0) is 4.79 Å². The Morgan fingerprint density at radius 1 is 1.15 bits per heavy atom. The van der Waals surface area contributed by atoms with Crippen LogP contribution in [-0.4, -0.2) is 17.4 Å². The Balaban J connectivity index is 2.94. The van der Waals surface area contributed by atoms with Crippen LogP contribution in [0.4, 0.5) is 0 Å². The van der Waals surface area contributed by atoms with Gasteiger partial charge in [-0.25, -0.2) is 0 Å². The minimum Gasteiger partial charge on any atom is -0.326 e. The molecule has 0 fully saturated rings. The van der Waals surface area contributed by atoms with Crippen LogP contribution in [0, 0.1) is 11.8 Å².